The maximum Gasteiger partial charge on any atom is 0.251 e. The van der Waals surface area contributed by atoms with Crippen molar-refractivity contribution in [1.29, 1.82) is 0 Å². The number of carbonyl (C=O) groups is 1. The van der Waals surface area contributed by atoms with Gasteiger partial charge in [0.15, 0.2) is 0 Å². The molecule has 0 aliphatic heterocycles. The van der Waals surface area contributed by atoms with E-state index in [0.717, 1.165) is 0 Å². The summed E-state index contributed by atoms with van der Waals surface area (Å²) in [6.07, 6.45) is 1.59. The van der Waals surface area contributed by atoms with Gasteiger partial charge in [0.1, 0.15) is 5.75 Å². The van der Waals surface area contributed by atoms with Gasteiger partial charge in [-0.05, 0) is 30.7 Å². The molecule has 0 heterocycles. The standard InChI is InChI=1S/C11H15NO3S/c1-8-7-9(3-4-10(8)13)11(14)12-5-6-16(2)15/h3-4,7,13H,5-6H2,1-2H3,(H,12,14). The number of phenolic OH excluding ortho intramolecular Hbond substituents is 1. The Kier molecular flexibility index (Phi) is 4.49. The van der Waals surface area contributed by atoms with E-state index < -0.39 is 10.8 Å². The summed E-state index contributed by atoms with van der Waals surface area (Å²) < 4.78 is 10.8. The van der Waals surface area contributed by atoms with Gasteiger partial charge in [-0.15, -0.1) is 0 Å². The van der Waals surface area contributed by atoms with E-state index in [4.69, 9.17) is 0 Å². The van der Waals surface area contributed by atoms with Gasteiger partial charge >= 0.3 is 0 Å². The number of carbonyl (C=O) groups excluding carboxylic acids is 1. The molecule has 2 N–H and O–H groups in total. The molecule has 1 rings (SSSR count). The molecule has 4 nitrogen and oxygen atoms in total. The number of aryl methyl sites for hydroxylation is 1. The minimum absolute atomic E-state index is 0.172. The maximum absolute atomic E-state index is 11.6. The summed E-state index contributed by atoms with van der Waals surface area (Å²) in [6, 6.07) is 4.66. The molecule has 1 aromatic rings. The lowest BCUT2D eigenvalue weighted by atomic mass is 10.1. The number of hydrogen-bond acceptors (Lipinski definition) is 3. The Morgan fingerprint density at radius 3 is 2.75 bits per heavy atom. The monoisotopic (exact) mass is 241 g/mol. The predicted octanol–water partition coefficient (Wildman–Crippen LogP) is 0.809. The fourth-order valence-electron chi connectivity index (χ4n) is 1.21. The molecule has 0 saturated heterocycles. The second kappa shape index (κ2) is 5.65. The largest absolute Gasteiger partial charge is 0.508 e. The van der Waals surface area contributed by atoms with Crippen molar-refractivity contribution in [3.05, 3.63) is 29.3 Å². The fraction of sp³-hybridized carbons (Fsp3) is 0.364. The van der Waals surface area contributed by atoms with E-state index in [1.807, 2.05) is 0 Å². The number of hydrogen-bond donors (Lipinski definition) is 2. The summed E-state index contributed by atoms with van der Waals surface area (Å²) in [5, 5.41) is 12.0. The van der Waals surface area contributed by atoms with Crippen LogP contribution in [0.3, 0.4) is 0 Å². The summed E-state index contributed by atoms with van der Waals surface area (Å²) in [4.78, 5) is 11.6. The lowest BCUT2D eigenvalue weighted by Gasteiger charge is -2.05. The zero-order valence-electron chi connectivity index (χ0n) is 9.32. The van der Waals surface area contributed by atoms with Crippen molar-refractivity contribution < 1.29 is 14.1 Å². The zero-order chi connectivity index (χ0) is 12.1. The SMILES string of the molecule is Cc1cc(C(=O)NCCS(C)=O)ccc1O. The van der Waals surface area contributed by atoms with Crippen molar-refractivity contribution in [3.8, 4) is 5.75 Å². The highest BCUT2D eigenvalue weighted by atomic mass is 32.2. The highest BCUT2D eigenvalue weighted by molar-refractivity contribution is 7.84. The van der Waals surface area contributed by atoms with Crippen molar-refractivity contribution in [2.24, 2.45) is 0 Å². The van der Waals surface area contributed by atoms with Crippen LogP contribution in [0.25, 0.3) is 0 Å². The molecule has 0 saturated carbocycles. The minimum atomic E-state index is -0.901. The van der Waals surface area contributed by atoms with E-state index in [1.165, 1.54) is 6.07 Å². The Labute approximate surface area is 97.1 Å². The van der Waals surface area contributed by atoms with Crippen molar-refractivity contribution in [1.82, 2.24) is 5.32 Å². The molecular formula is C11H15NO3S. The molecule has 5 heteroatoms. The molecule has 16 heavy (non-hydrogen) atoms. The van der Waals surface area contributed by atoms with Crippen molar-refractivity contribution in [3.63, 3.8) is 0 Å². The van der Waals surface area contributed by atoms with E-state index in [1.54, 1.807) is 25.3 Å². The Hall–Kier alpha value is -1.36. The lowest BCUT2D eigenvalue weighted by molar-refractivity contribution is 0.0956. The second-order valence-electron chi connectivity index (χ2n) is 3.53. The first kappa shape index (κ1) is 12.7. The highest BCUT2D eigenvalue weighted by Gasteiger charge is 2.06. The van der Waals surface area contributed by atoms with Crippen LogP contribution in [0, 0.1) is 6.92 Å². The first-order valence-electron chi connectivity index (χ1n) is 4.88. The smallest absolute Gasteiger partial charge is 0.251 e. The number of benzene rings is 1. The minimum Gasteiger partial charge on any atom is -0.508 e. The first-order chi connectivity index (χ1) is 7.50. The van der Waals surface area contributed by atoms with Crippen LogP contribution in [0.4, 0.5) is 0 Å². The van der Waals surface area contributed by atoms with Gasteiger partial charge in [0.25, 0.3) is 5.91 Å². The lowest BCUT2D eigenvalue weighted by Crippen LogP contribution is -2.27. The number of phenols is 1. The van der Waals surface area contributed by atoms with E-state index in [0.29, 0.717) is 23.4 Å². The molecule has 1 atom stereocenters. The van der Waals surface area contributed by atoms with Crippen LogP contribution in [-0.2, 0) is 10.8 Å². The topological polar surface area (TPSA) is 66.4 Å². The van der Waals surface area contributed by atoms with Crippen LogP contribution in [0.5, 0.6) is 5.75 Å². The van der Waals surface area contributed by atoms with Gasteiger partial charge in [-0.2, -0.15) is 0 Å². The third-order valence-corrected chi connectivity index (χ3v) is 2.91. The van der Waals surface area contributed by atoms with Gasteiger partial charge < -0.3 is 10.4 Å². The Bertz CT molecular complexity index is 418. The van der Waals surface area contributed by atoms with Gasteiger partial charge in [0.05, 0.1) is 0 Å². The molecule has 0 bridgehead atoms. The average molecular weight is 241 g/mol. The normalized spacial score (nSPS) is 12.1. The van der Waals surface area contributed by atoms with Gasteiger partial charge in [0, 0.05) is 34.9 Å². The van der Waals surface area contributed by atoms with Gasteiger partial charge in [-0.1, -0.05) is 0 Å². The van der Waals surface area contributed by atoms with Crippen LogP contribution in [0.1, 0.15) is 15.9 Å². The van der Waals surface area contributed by atoms with Crippen LogP contribution in [0.2, 0.25) is 0 Å². The first-order valence-corrected chi connectivity index (χ1v) is 6.61. The Balaban J connectivity index is 2.59. The zero-order valence-corrected chi connectivity index (χ0v) is 10.1. The molecule has 0 aliphatic rings. The third kappa shape index (κ3) is 3.66. The molecule has 0 radical (unpaired) electrons. The molecule has 0 fully saturated rings. The molecule has 0 aromatic heterocycles. The number of rotatable bonds is 4. The summed E-state index contributed by atoms with van der Waals surface area (Å²) in [5.41, 5.74) is 1.16. The third-order valence-electron chi connectivity index (χ3n) is 2.13. The van der Waals surface area contributed by atoms with E-state index >= 15 is 0 Å². The van der Waals surface area contributed by atoms with E-state index in [-0.39, 0.29) is 11.7 Å². The van der Waals surface area contributed by atoms with E-state index in [2.05, 4.69) is 5.32 Å². The highest BCUT2D eigenvalue weighted by Crippen LogP contribution is 2.16. The Morgan fingerprint density at radius 2 is 2.19 bits per heavy atom. The Morgan fingerprint density at radius 1 is 1.50 bits per heavy atom. The van der Waals surface area contributed by atoms with Crippen LogP contribution < -0.4 is 5.32 Å². The number of nitrogens with one attached hydrogen (secondary N) is 1. The van der Waals surface area contributed by atoms with Crippen molar-refractivity contribution in [2.75, 3.05) is 18.6 Å². The summed E-state index contributed by atoms with van der Waals surface area (Å²) in [5.74, 6) is 0.405. The quantitative estimate of drug-likeness (QED) is 0.819. The molecule has 1 unspecified atom stereocenters. The number of amides is 1. The summed E-state index contributed by atoms with van der Waals surface area (Å²) >= 11 is 0. The van der Waals surface area contributed by atoms with Gasteiger partial charge in [0.2, 0.25) is 0 Å². The predicted molar refractivity (Wildman–Crippen MR) is 64.1 cm³/mol. The molecule has 88 valence electrons. The van der Waals surface area contributed by atoms with E-state index in [9.17, 15) is 14.1 Å². The molecule has 1 aromatic carbocycles. The molecule has 1 amide bonds. The average Bonchev–Trinajstić information content (AvgIpc) is 2.21. The van der Waals surface area contributed by atoms with Gasteiger partial charge in [-0.3, -0.25) is 9.00 Å². The second-order valence-corrected chi connectivity index (χ2v) is 5.09. The van der Waals surface area contributed by atoms with Crippen LogP contribution >= 0.6 is 0 Å². The van der Waals surface area contributed by atoms with Crippen LogP contribution in [0.15, 0.2) is 18.2 Å². The van der Waals surface area contributed by atoms with Gasteiger partial charge in [-0.25, -0.2) is 0 Å². The fourth-order valence-corrected chi connectivity index (χ4v) is 1.60. The van der Waals surface area contributed by atoms with Crippen molar-refractivity contribution in [2.45, 2.75) is 6.92 Å². The van der Waals surface area contributed by atoms with Crippen LogP contribution in [-0.4, -0.2) is 33.8 Å². The molecule has 0 aliphatic carbocycles. The van der Waals surface area contributed by atoms with Crippen molar-refractivity contribution >= 4 is 16.7 Å². The molecule has 0 spiro atoms. The summed E-state index contributed by atoms with van der Waals surface area (Å²) in [7, 11) is -0.901. The maximum atomic E-state index is 11.6. The summed E-state index contributed by atoms with van der Waals surface area (Å²) in [6.45, 7) is 2.12. The number of aromatic hydroxyl groups is 1. The molecular weight excluding hydrogens is 226 g/mol.